The van der Waals surface area contributed by atoms with Crippen LogP contribution in [0.25, 0.3) is 5.69 Å². The molecule has 1 aliphatic rings. The van der Waals surface area contributed by atoms with Gasteiger partial charge in [-0.2, -0.15) is 18.3 Å². The molecule has 25 heavy (non-hydrogen) atoms. The highest BCUT2D eigenvalue weighted by Gasteiger charge is 2.53. The number of carbonyl (C=O) groups is 2. The van der Waals surface area contributed by atoms with E-state index in [1.54, 1.807) is 35.3 Å². The Morgan fingerprint density at radius 3 is 2.32 bits per heavy atom. The fourth-order valence-electron chi connectivity index (χ4n) is 2.91. The van der Waals surface area contributed by atoms with Crippen molar-refractivity contribution < 1.29 is 27.9 Å². The van der Waals surface area contributed by atoms with Crippen LogP contribution in [0.4, 0.5) is 13.2 Å². The molecule has 0 aliphatic carbocycles. The van der Waals surface area contributed by atoms with Crippen molar-refractivity contribution in [2.24, 2.45) is 11.8 Å². The minimum Gasteiger partial charge on any atom is -0.481 e. The Bertz CT molecular complexity index is 772. The molecule has 0 spiro atoms. The monoisotopic (exact) mass is 353 g/mol. The second-order valence-electron chi connectivity index (χ2n) is 5.80. The molecule has 1 aliphatic heterocycles. The Morgan fingerprint density at radius 2 is 1.84 bits per heavy atom. The predicted molar refractivity (Wildman–Crippen MR) is 80.1 cm³/mol. The van der Waals surface area contributed by atoms with Gasteiger partial charge in [0.15, 0.2) is 0 Å². The zero-order valence-corrected chi connectivity index (χ0v) is 12.8. The van der Waals surface area contributed by atoms with Crippen molar-refractivity contribution in [3.8, 4) is 5.69 Å². The lowest BCUT2D eigenvalue weighted by Gasteiger charge is -2.18. The Labute approximate surface area is 140 Å². The fourth-order valence-corrected chi connectivity index (χ4v) is 2.91. The van der Waals surface area contributed by atoms with E-state index in [1.165, 1.54) is 12.1 Å². The molecule has 2 heterocycles. The van der Waals surface area contributed by atoms with Crippen molar-refractivity contribution in [3.05, 3.63) is 48.3 Å². The summed E-state index contributed by atoms with van der Waals surface area (Å²) in [5.74, 6) is -5.87. The van der Waals surface area contributed by atoms with Gasteiger partial charge in [-0.1, -0.05) is 0 Å². The maximum Gasteiger partial charge on any atom is 0.394 e. The van der Waals surface area contributed by atoms with Crippen molar-refractivity contribution in [2.45, 2.75) is 6.18 Å². The summed E-state index contributed by atoms with van der Waals surface area (Å²) >= 11 is 0. The summed E-state index contributed by atoms with van der Waals surface area (Å²) < 4.78 is 40.6. The van der Waals surface area contributed by atoms with Crippen molar-refractivity contribution in [1.29, 1.82) is 0 Å². The third-order valence-corrected chi connectivity index (χ3v) is 4.23. The number of amides is 1. The molecule has 132 valence electrons. The van der Waals surface area contributed by atoms with Gasteiger partial charge in [0.2, 0.25) is 0 Å². The quantitative estimate of drug-likeness (QED) is 0.918. The van der Waals surface area contributed by atoms with Gasteiger partial charge in [0.05, 0.1) is 17.5 Å². The zero-order chi connectivity index (χ0) is 18.2. The summed E-state index contributed by atoms with van der Waals surface area (Å²) in [6.07, 6.45) is -1.36. The van der Waals surface area contributed by atoms with Gasteiger partial charge >= 0.3 is 12.1 Å². The number of alkyl halides is 3. The molecule has 2 atom stereocenters. The number of halogens is 3. The van der Waals surface area contributed by atoms with Crippen molar-refractivity contribution in [3.63, 3.8) is 0 Å². The largest absolute Gasteiger partial charge is 0.481 e. The van der Waals surface area contributed by atoms with Crippen LogP contribution in [0.3, 0.4) is 0 Å². The lowest BCUT2D eigenvalue weighted by molar-refractivity contribution is -0.187. The molecule has 0 radical (unpaired) electrons. The fraction of sp³-hybridized carbons (Fsp3) is 0.312. The van der Waals surface area contributed by atoms with Gasteiger partial charge in [-0.3, -0.25) is 9.59 Å². The molecule has 1 aromatic carbocycles. The molecule has 9 heteroatoms. The molecular formula is C16H14F3N3O3. The summed E-state index contributed by atoms with van der Waals surface area (Å²) in [5, 5.41) is 13.0. The van der Waals surface area contributed by atoms with Gasteiger partial charge in [0.25, 0.3) is 5.91 Å². The van der Waals surface area contributed by atoms with E-state index in [4.69, 9.17) is 5.11 Å². The molecular weight excluding hydrogens is 339 g/mol. The normalized spacial score (nSPS) is 20.7. The highest BCUT2D eigenvalue weighted by atomic mass is 19.4. The van der Waals surface area contributed by atoms with E-state index >= 15 is 0 Å². The maximum absolute atomic E-state index is 13.0. The van der Waals surface area contributed by atoms with E-state index in [1.807, 2.05) is 0 Å². The maximum atomic E-state index is 13.0. The van der Waals surface area contributed by atoms with Crippen LogP contribution in [0.5, 0.6) is 0 Å². The Hall–Kier alpha value is -2.84. The third-order valence-electron chi connectivity index (χ3n) is 4.23. The number of carbonyl (C=O) groups excluding carboxylic acids is 1. The van der Waals surface area contributed by atoms with Crippen LogP contribution >= 0.6 is 0 Å². The van der Waals surface area contributed by atoms with Gasteiger partial charge in [0, 0.05) is 31.0 Å². The smallest absolute Gasteiger partial charge is 0.394 e. The molecule has 0 saturated carbocycles. The summed E-state index contributed by atoms with van der Waals surface area (Å²) in [7, 11) is 0. The molecule has 0 bridgehead atoms. The predicted octanol–water partition coefficient (Wildman–Crippen LogP) is 2.21. The highest BCUT2D eigenvalue weighted by Crippen LogP contribution is 2.38. The summed E-state index contributed by atoms with van der Waals surface area (Å²) in [6, 6.07) is 7.93. The number of hydrogen-bond acceptors (Lipinski definition) is 3. The van der Waals surface area contributed by atoms with E-state index in [0.29, 0.717) is 5.69 Å². The van der Waals surface area contributed by atoms with Gasteiger partial charge in [-0.15, -0.1) is 0 Å². The first kappa shape index (κ1) is 17.0. The molecule has 1 fully saturated rings. The lowest BCUT2D eigenvalue weighted by atomic mass is 9.96. The number of rotatable bonds is 3. The van der Waals surface area contributed by atoms with E-state index in [0.717, 1.165) is 4.90 Å². The minimum atomic E-state index is -4.66. The first-order valence-corrected chi connectivity index (χ1v) is 7.46. The van der Waals surface area contributed by atoms with Crippen molar-refractivity contribution >= 4 is 11.9 Å². The average Bonchev–Trinajstić information content (AvgIpc) is 3.23. The number of nitrogens with zero attached hydrogens (tertiary/aromatic N) is 3. The summed E-state index contributed by atoms with van der Waals surface area (Å²) in [4.78, 5) is 24.5. The SMILES string of the molecule is O=C(O)[C@@H]1CN(C(=O)c2ccc(-n3cccn3)cc2)C[C@H]1C(F)(F)F. The Morgan fingerprint density at radius 1 is 1.16 bits per heavy atom. The van der Waals surface area contributed by atoms with Gasteiger partial charge in [-0.05, 0) is 30.3 Å². The van der Waals surface area contributed by atoms with Crippen molar-refractivity contribution in [2.75, 3.05) is 13.1 Å². The number of carboxylic acid groups (broad SMARTS) is 1. The number of hydrogen-bond donors (Lipinski definition) is 1. The number of carboxylic acids is 1. The molecule has 1 aromatic heterocycles. The molecule has 0 unspecified atom stereocenters. The van der Waals surface area contributed by atoms with Gasteiger partial charge in [0.1, 0.15) is 0 Å². The second-order valence-corrected chi connectivity index (χ2v) is 5.80. The van der Waals surface area contributed by atoms with Crippen LogP contribution in [0, 0.1) is 11.8 Å². The first-order chi connectivity index (χ1) is 11.8. The van der Waals surface area contributed by atoms with E-state index in [-0.39, 0.29) is 5.56 Å². The highest BCUT2D eigenvalue weighted by molar-refractivity contribution is 5.95. The number of aromatic nitrogens is 2. The van der Waals surface area contributed by atoms with Crippen LogP contribution in [0.2, 0.25) is 0 Å². The molecule has 3 rings (SSSR count). The molecule has 1 saturated heterocycles. The van der Waals surface area contributed by atoms with E-state index in [9.17, 15) is 22.8 Å². The third kappa shape index (κ3) is 3.35. The minimum absolute atomic E-state index is 0.197. The van der Waals surface area contributed by atoms with Crippen molar-refractivity contribution in [1.82, 2.24) is 14.7 Å². The van der Waals surface area contributed by atoms with Crippen LogP contribution < -0.4 is 0 Å². The average molecular weight is 353 g/mol. The molecule has 1 amide bonds. The Kier molecular flexibility index (Phi) is 4.23. The van der Waals surface area contributed by atoms with Gasteiger partial charge in [-0.25, -0.2) is 4.68 Å². The molecule has 1 N–H and O–H groups in total. The lowest BCUT2D eigenvalue weighted by Crippen LogP contribution is -2.34. The summed E-state index contributed by atoms with van der Waals surface area (Å²) in [5.41, 5.74) is 0.891. The second kappa shape index (κ2) is 6.23. The first-order valence-electron chi connectivity index (χ1n) is 7.46. The molecule has 2 aromatic rings. The standard InChI is InChI=1S/C16H14F3N3O3/c17-16(18,19)13-9-21(8-12(13)15(24)25)14(23)10-2-4-11(5-3-10)22-7-1-6-20-22/h1-7,12-13H,8-9H2,(H,24,25)/t12-,13-/m1/s1. The topological polar surface area (TPSA) is 75.4 Å². The summed E-state index contributed by atoms with van der Waals surface area (Å²) in [6.45, 7) is -1.11. The van der Waals surface area contributed by atoms with E-state index in [2.05, 4.69) is 5.10 Å². The zero-order valence-electron chi connectivity index (χ0n) is 12.8. The van der Waals surface area contributed by atoms with Crippen LogP contribution in [0.1, 0.15) is 10.4 Å². The molecule has 6 nitrogen and oxygen atoms in total. The Balaban J connectivity index is 1.78. The number of benzene rings is 1. The van der Waals surface area contributed by atoms with Gasteiger partial charge < -0.3 is 10.0 Å². The number of likely N-dealkylation sites (tertiary alicyclic amines) is 1. The van der Waals surface area contributed by atoms with Crippen LogP contribution in [-0.2, 0) is 4.79 Å². The van der Waals surface area contributed by atoms with Crippen LogP contribution in [-0.4, -0.2) is 50.9 Å². The number of aliphatic carboxylic acids is 1. The van der Waals surface area contributed by atoms with E-state index < -0.39 is 43.0 Å². The van der Waals surface area contributed by atoms with Crippen LogP contribution in [0.15, 0.2) is 42.7 Å².